The van der Waals surface area contributed by atoms with Gasteiger partial charge in [-0.2, -0.15) is 4.37 Å². The van der Waals surface area contributed by atoms with Gasteiger partial charge in [-0.25, -0.2) is 0 Å². The van der Waals surface area contributed by atoms with Crippen LogP contribution in [0.4, 0.5) is 0 Å². The normalized spacial score (nSPS) is 26.7. The molecule has 2 rings (SSSR count). The molecule has 1 aromatic rings. The van der Waals surface area contributed by atoms with Gasteiger partial charge in [-0.3, -0.25) is 0 Å². The zero-order valence-electron chi connectivity index (χ0n) is 7.90. The summed E-state index contributed by atoms with van der Waals surface area (Å²) in [6.07, 6.45) is 2.78. The molecule has 0 N–H and O–H groups in total. The van der Waals surface area contributed by atoms with E-state index in [0.717, 1.165) is 18.2 Å². The molecule has 1 aliphatic rings. The van der Waals surface area contributed by atoms with Crippen molar-refractivity contribution in [3.8, 4) is 5.88 Å². The van der Waals surface area contributed by atoms with Gasteiger partial charge in [0.1, 0.15) is 0 Å². The van der Waals surface area contributed by atoms with E-state index in [1.165, 1.54) is 16.4 Å². The van der Waals surface area contributed by atoms with Gasteiger partial charge in [-0.15, -0.1) is 0 Å². The van der Waals surface area contributed by atoms with Gasteiger partial charge in [-0.05, 0) is 24.4 Å². The summed E-state index contributed by atoms with van der Waals surface area (Å²) < 4.78 is 15.0. The minimum Gasteiger partial charge on any atom is -0.480 e. The predicted octanol–water partition coefficient (Wildman–Crippen LogP) is 2.77. The number of alkyl halides is 1. The first kappa shape index (κ1) is 10.4. The fraction of sp³-hybridized carbons (Fsp3) is 0.667. The highest BCUT2D eigenvalue weighted by atomic mass is 79.9. The number of ether oxygens (including phenoxy) is 2. The van der Waals surface area contributed by atoms with Crippen LogP contribution in [0.25, 0.3) is 0 Å². The van der Waals surface area contributed by atoms with E-state index in [2.05, 4.69) is 20.3 Å². The van der Waals surface area contributed by atoms with Crippen molar-refractivity contribution in [2.45, 2.75) is 25.0 Å². The van der Waals surface area contributed by atoms with Crippen LogP contribution in [0.15, 0.2) is 6.07 Å². The number of hydrogen-bond acceptors (Lipinski definition) is 4. The maximum atomic E-state index is 5.82. The summed E-state index contributed by atoms with van der Waals surface area (Å²) in [7, 11) is 1.63. The first-order valence-electron chi connectivity index (χ1n) is 4.55. The summed E-state index contributed by atoms with van der Waals surface area (Å²) in [5.41, 5.74) is 0. The fourth-order valence-electron chi connectivity index (χ4n) is 1.55. The topological polar surface area (TPSA) is 31.4 Å². The number of aromatic nitrogens is 1. The van der Waals surface area contributed by atoms with Crippen LogP contribution in [0.3, 0.4) is 0 Å². The van der Waals surface area contributed by atoms with Crippen molar-refractivity contribution in [3.63, 3.8) is 0 Å². The van der Waals surface area contributed by atoms with Crippen molar-refractivity contribution in [3.05, 3.63) is 10.9 Å². The molecule has 0 saturated carbocycles. The quantitative estimate of drug-likeness (QED) is 0.797. The molecule has 0 amide bonds. The first-order valence-corrected chi connectivity index (χ1v) is 6.45. The summed E-state index contributed by atoms with van der Waals surface area (Å²) >= 11 is 4.90. The number of methoxy groups -OCH3 is 1. The van der Waals surface area contributed by atoms with Crippen molar-refractivity contribution in [1.82, 2.24) is 4.37 Å². The molecule has 1 aliphatic heterocycles. The van der Waals surface area contributed by atoms with Crippen LogP contribution >= 0.6 is 27.5 Å². The van der Waals surface area contributed by atoms with Crippen molar-refractivity contribution in [1.29, 1.82) is 0 Å². The van der Waals surface area contributed by atoms with Crippen molar-refractivity contribution >= 4 is 27.5 Å². The maximum absolute atomic E-state index is 5.82. The largest absolute Gasteiger partial charge is 0.480 e. The van der Waals surface area contributed by atoms with Gasteiger partial charge in [0.25, 0.3) is 0 Å². The van der Waals surface area contributed by atoms with Crippen LogP contribution < -0.4 is 4.74 Å². The van der Waals surface area contributed by atoms with Gasteiger partial charge in [0, 0.05) is 11.4 Å². The lowest BCUT2D eigenvalue weighted by Gasteiger charge is -2.08. The minimum absolute atomic E-state index is 0.221. The van der Waals surface area contributed by atoms with Gasteiger partial charge >= 0.3 is 0 Å². The third kappa shape index (κ3) is 2.10. The van der Waals surface area contributed by atoms with Crippen molar-refractivity contribution in [2.75, 3.05) is 12.4 Å². The first-order chi connectivity index (χ1) is 6.83. The van der Waals surface area contributed by atoms with Crippen LogP contribution in [0.5, 0.6) is 5.88 Å². The van der Waals surface area contributed by atoms with E-state index in [1.54, 1.807) is 7.11 Å². The Labute approximate surface area is 95.7 Å². The summed E-state index contributed by atoms with van der Waals surface area (Å²) in [6.45, 7) is 0. The molecule has 2 unspecified atom stereocenters. The smallest absolute Gasteiger partial charge is 0.225 e. The maximum Gasteiger partial charge on any atom is 0.225 e. The van der Waals surface area contributed by atoms with E-state index in [0.29, 0.717) is 12.0 Å². The highest BCUT2D eigenvalue weighted by Gasteiger charge is 2.27. The van der Waals surface area contributed by atoms with Gasteiger partial charge in [0.05, 0.1) is 24.2 Å². The van der Waals surface area contributed by atoms with Gasteiger partial charge < -0.3 is 9.47 Å². The number of hydrogen-bond donors (Lipinski definition) is 0. The molecule has 14 heavy (non-hydrogen) atoms. The Balaban J connectivity index is 2.02. The van der Waals surface area contributed by atoms with Gasteiger partial charge in [-0.1, -0.05) is 15.9 Å². The molecule has 0 aliphatic carbocycles. The second kappa shape index (κ2) is 4.59. The molecule has 0 radical (unpaired) electrons. The third-order valence-corrected chi connectivity index (χ3v) is 3.90. The second-order valence-corrected chi connectivity index (χ2v) is 4.73. The monoisotopic (exact) mass is 277 g/mol. The molecular weight excluding hydrogens is 266 g/mol. The third-order valence-electron chi connectivity index (χ3n) is 2.31. The Kier molecular flexibility index (Phi) is 3.41. The average molecular weight is 278 g/mol. The summed E-state index contributed by atoms with van der Waals surface area (Å²) in [5, 5.41) is 0.916. The minimum atomic E-state index is 0.221. The summed E-state index contributed by atoms with van der Waals surface area (Å²) in [4.78, 5) is 1.17. The van der Waals surface area contributed by atoms with Crippen LogP contribution in [-0.4, -0.2) is 22.9 Å². The Morgan fingerprint density at radius 2 is 2.57 bits per heavy atom. The average Bonchev–Trinajstić information content (AvgIpc) is 2.86. The molecule has 2 heterocycles. The zero-order valence-corrected chi connectivity index (χ0v) is 10.3. The van der Waals surface area contributed by atoms with E-state index >= 15 is 0 Å². The lowest BCUT2D eigenvalue weighted by molar-refractivity contribution is 0.0609. The molecule has 3 nitrogen and oxygen atoms in total. The van der Waals surface area contributed by atoms with Crippen molar-refractivity contribution < 1.29 is 9.47 Å². The van der Waals surface area contributed by atoms with E-state index in [9.17, 15) is 0 Å². The Morgan fingerprint density at radius 3 is 3.14 bits per heavy atom. The zero-order chi connectivity index (χ0) is 9.97. The van der Waals surface area contributed by atoms with E-state index in [-0.39, 0.29) is 6.10 Å². The van der Waals surface area contributed by atoms with Crippen LogP contribution in [0, 0.1) is 0 Å². The van der Waals surface area contributed by atoms with Gasteiger partial charge in [0.2, 0.25) is 5.88 Å². The fourth-order valence-corrected chi connectivity index (χ4v) is 2.79. The molecule has 1 saturated heterocycles. The van der Waals surface area contributed by atoms with E-state index in [4.69, 9.17) is 9.47 Å². The van der Waals surface area contributed by atoms with Crippen molar-refractivity contribution in [2.24, 2.45) is 0 Å². The van der Waals surface area contributed by atoms with Crippen LogP contribution in [0.2, 0.25) is 0 Å². The molecule has 78 valence electrons. The van der Waals surface area contributed by atoms with E-state index in [1.807, 2.05) is 6.07 Å². The lowest BCUT2D eigenvalue weighted by Crippen LogP contribution is -2.06. The molecule has 5 heteroatoms. The lowest BCUT2D eigenvalue weighted by atomic mass is 10.2. The number of halogens is 1. The summed E-state index contributed by atoms with van der Waals surface area (Å²) in [6, 6.07) is 1.96. The molecule has 0 aromatic carbocycles. The highest BCUT2D eigenvalue weighted by molar-refractivity contribution is 9.09. The molecule has 0 bridgehead atoms. The van der Waals surface area contributed by atoms with E-state index < -0.39 is 0 Å². The Bertz CT molecular complexity index is 305. The number of nitrogens with zero attached hydrogens (tertiary/aromatic N) is 1. The molecule has 1 aromatic heterocycles. The van der Waals surface area contributed by atoms with Crippen LogP contribution in [0.1, 0.15) is 23.8 Å². The Morgan fingerprint density at radius 1 is 1.71 bits per heavy atom. The molecular formula is C9H12BrNO2S. The SMILES string of the molecule is COc1cc(C2CCC(CBr)O2)sn1. The molecule has 1 fully saturated rings. The standard InChI is InChI=1S/C9H12BrNO2S/c1-12-9-4-8(14-11-9)7-3-2-6(5-10)13-7/h4,6-7H,2-3,5H2,1H3. The predicted molar refractivity (Wildman–Crippen MR) is 59.3 cm³/mol. The van der Waals surface area contributed by atoms with Crippen LogP contribution in [-0.2, 0) is 4.74 Å². The van der Waals surface area contributed by atoms with Gasteiger partial charge in [0.15, 0.2) is 0 Å². The Hall–Kier alpha value is -0.130. The highest BCUT2D eigenvalue weighted by Crippen LogP contribution is 2.36. The molecule has 0 spiro atoms. The summed E-state index contributed by atoms with van der Waals surface area (Å²) in [5.74, 6) is 0.691. The molecule has 2 atom stereocenters. The number of rotatable bonds is 3. The second-order valence-electron chi connectivity index (χ2n) is 3.25.